The van der Waals surface area contributed by atoms with Crippen molar-refractivity contribution in [3.05, 3.63) is 23.4 Å². The van der Waals surface area contributed by atoms with Crippen molar-refractivity contribution in [3.63, 3.8) is 0 Å². The first-order chi connectivity index (χ1) is 9.69. The molecule has 4 heteroatoms. The van der Waals surface area contributed by atoms with E-state index in [0.29, 0.717) is 23.9 Å². The second kappa shape index (κ2) is 5.90. The number of fused-ring (bicyclic) bond motifs is 1. The molecule has 3 rings (SSSR count). The summed E-state index contributed by atoms with van der Waals surface area (Å²) >= 11 is 6.05. The molecule has 0 aromatic carbocycles. The van der Waals surface area contributed by atoms with Crippen LogP contribution in [0.5, 0.6) is 0 Å². The van der Waals surface area contributed by atoms with Gasteiger partial charge < -0.3 is 9.64 Å². The number of hydrogen-bond acceptors (Lipinski definition) is 3. The zero-order valence-corrected chi connectivity index (χ0v) is 13.1. The van der Waals surface area contributed by atoms with Crippen LogP contribution in [0.1, 0.15) is 50.3 Å². The van der Waals surface area contributed by atoms with Crippen molar-refractivity contribution in [2.24, 2.45) is 0 Å². The van der Waals surface area contributed by atoms with Gasteiger partial charge in [-0.15, -0.1) is 11.6 Å². The monoisotopic (exact) mass is 294 g/mol. The minimum Gasteiger partial charge on any atom is -0.374 e. The summed E-state index contributed by atoms with van der Waals surface area (Å²) in [6.45, 7) is 6.12. The molecule has 2 fully saturated rings. The summed E-state index contributed by atoms with van der Waals surface area (Å²) in [6, 6.07) is 4.79. The maximum absolute atomic E-state index is 6.05. The van der Waals surface area contributed by atoms with Gasteiger partial charge in [-0.2, -0.15) is 0 Å². The molecule has 110 valence electrons. The Morgan fingerprint density at radius 3 is 3.00 bits per heavy atom. The summed E-state index contributed by atoms with van der Waals surface area (Å²) < 4.78 is 5.89. The number of hydrogen-bond donors (Lipinski definition) is 0. The van der Waals surface area contributed by atoms with Crippen molar-refractivity contribution < 1.29 is 4.74 Å². The SMILES string of the molecule is CC(C)c1cc(CCl)cc(N2CCOC3CCCC32)n1. The number of pyridine rings is 1. The molecule has 1 aliphatic heterocycles. The lowest BCUT2D eigenvalue weighted by molar-refractivity contribution is 0.0253. The highest BCUT2D eigenvalue weighted by Gasteiger charge is 2.36. The van der Waals surface area contributed by atoms with Gasteiger partial charge in [0.25, 0.3) is 0 Å². The van der Waals surface area contributed by atoms with E-state index < -0.39 is 0 Å². The quantitative estimate of drug-likeness (QED) is 0.795. The van der Waals surface area contributed by atoms with Crippen molar-refractivity contribution in [1.29, 1.82) is 0 Å². The summed E-state index contributed by atoms with van der Waals surface area (Å²) in [5.41, 5.74) is 2.31. The van der Waals surface area contributed by atoms with Gasteiger partial charge >= 0.3 is 0 Å². The number of anilines is 1. The molecule has 1 aliphatic carbocycles. The normalized spacial score (nSPS) is 26.1. The van der Waals surface area contributed by atoms with E-state index >= 15 is 0 Å². The van der Waals surface area contributed by atoms with E-state index in [0.717, 1.165) is 24.7 Å². The van der Waals surface area contributed by atoms with E-state index in [1.807, 2.05) is 0 Å². The minimum absolute atomic E-state index is 0.396. The molecule has 1 saturated carbocycles. The lowest BCUT2D eigenvalue weighted by atomic mass is 10.1. The van der Waals surface area contributed by atoms with E-state index in [1.54, 1.807) is 0 Å². The van der Waals surface area contributed by atoms with Gasteiger partial charge in [0, 0.05) is 18.1 Å². The van der Waals surface area contributed by atoms with Crippen LogP contribution in [0.2, 0.25) is 0 Å². The predicted octanol–water partition coefficient (Wildman–Crippen LogP) is 3.70. The van der Waals surface area contributed by atoms with E-state index in [9.17, 15) is 0 Å². The zero-order valence-electron chi connectivity index (χ0n) is 12.3. The Hall–Kier alpha value is -0.800. The number of morpholine rings is 1. The number of ether oxygens (including phenoxy) is 1. The number of rotatable bonds is 3. The fourth-order valence-electron chi connectivity index (χ4n) is 3.32. The summed E-state index contributed by atoms with van der Waals surface area (Å²) in [7, 11) is 0. The second-order valence-corrected chi connectivity index (χ2v) is 6.41. The van der Waals surface area contributed by atoms with Crippen LogP contribution in [-0.2, 0) is 10.6 Å². The number of aromatic nitrogens is 1. The van der Waals surface area contributed by atoms with Gasteiger partial charge in [0.05, 0.1) is 18.8 Å². The van der Waals surface area contributed by atoms with Gasteiger partial charge in [-0.25, -0.2) is 4.98 Å². The third-order valence-corrected chi connectivity index (χ3v) is 4.72. The molecule has 3 nitrogen and oxygen atoms in total. The molecule has 0 N–H and O–H groups in total. The first-order valence-electron chi connectivity index (χ1n) is 7.64. The van der Waals surface area contributed by atoms with E-state index in [2.05, 4.69) is 30.9 Å². The molecule has 0 bridgehead atoms. The standard InChI is InChI=1S/C16H23ClN2O/c1-11(2)13-8-12(10-17)9-16(18-13)19-6-7-20-15-5-3-4-14(15)19/h8-9,11,14-15H,3-7,10H2,1-2H3. The zero-order chi connectivity index (χ0) is 14.1. The number of halogens is 1. The van der Waals surface area contributed by atoms with Crippen LogP contribution < -0.4 is 4.90 Å². The van der Waals surface area contributed by atoms with E-state index in [1.165, 1.54) is 24.8 Å². The van der Waals surface area contributed by atoms with Crippen LogP contribution in [0.25, 0.3) is 0 Å². The third kappa shape index (κ3) is 2.66. The Morgan fingerprint density at radius 1 is 1.40 bits per heavy atom. The molecular weight excluding hydrogens is 272 g/mol. The van der Waals surface area contributed by atoms with Crippen LogP contribution in [0.3, 0.4) is 0 Å². The van der Waals surface area contributed by atoms with Crippen LogP contribution in [0.4, 0.5) is 5.82 Å². The average molecular weight is 295 g/mol. The Bertz CT molecular complexity index is 478. The van der Waals surface area contributed by atoms with Crippen LogP contribution in [0, 0.1) is 0 Å². The molecule has 2 aliphatic rings. The number of alkyl halides is 1. The smallest absolute Gasteiger partial charge is 0.129 e. The van der Waals surface area contributed by atoms with Crippen LogP contribution in [-0.4, -0.2) is 30.3 Å². The van der Waals surface area contributed by atoms with Crippen molar-refractivity contribution in [2.45, 2.75) is 57.1 Å². The van der Waals surface area contributed by atoms with Gasteiger partial charge in [0.1, 0.15) is 5.82 Å². The molecule has 0 amide bonds. The van der Waals surface area contributed by atoms with Gasteiger partial charge in [-0.3, -0.25) is 0 Å². The van der Waals surface area contributed by atoms with Gasteiger partial charge in [0.2, 0.25) is 0 Å². The number of nitrogens with zero attached hydrogens (tertiary/aromatic N) is 2. The molecule has 1 saturated heterocycles. The molecule has 2 unspecified atom stereocenters. The molecular formula is C16H23ClN2O. The topological polar surface area (TPSA) is 25.4 Å². The minimum atomic E-state index is 0.396. The Labute approximate surface area is 126 Å². The largest absolute Gasteiger partial charge is 0.374 e. The fraction of sp³-hybridized carbons (Fsp3) is 0.688. The van der Waals surface area contributed by atoms with E-state index in [4.69, 9.17) is 21.3 Å². The van der Waals surface area contributed by atoms with Crippen LogP contribution >= 0.6 is 11.6 Å². The van der Waals surface area contributed by atoms with Crippen molar-refractivity contribution in [3.8, 4) is 0 Å². The second-order valence-electron chi connectivity index (χ2n) is 6.15. The first-order valence-corrected chi connectivity index (χ1v) is 8.17. The van der Waals surface area contributed by atoms with Crippen LogP contribution in [0.15, 0.2) is 12.1 Å². The van der Waals surface area contributed by atoms with Gasteiger partial charge in [-0.05, 0) is 42.9 Å². The highest BCUT2D eigenvalue weighted by Crippen LogP contribution is 2.33. The van der Waals surface area contributed by atoms with Crippen molar-refractivity contribution in [1.82, 2.24) is 4.98 Å². The lowest BCUT2D eigenvalue weighted by Crippen LogP contribution is -2.49. The summed E-state index contributed by atoms with van der Waals surface area (Å²) in [5, 5.41) is 0. The van der Waals surface area contributed by atoms with Crippen molar-refractivity contribution >= 4 is 17.4 Å². The Balaban J connectivity index is 1.93. The molecule has 2 heterocycles. The Morgan fingerprint density at radius 2 is 2.25 bits per heavy atom. The highest BCUT2D eigenvalue weighted by atomic mass is 35.5. The van der Waals surface area contributed by atoms with Crippen molar-refractivity contribution in [2.75, 3.05) is 18.1 Å². The predicted molar refractivity (Wildman–Crippen MR) is 82.6 cm³/mol. The average Bonchev–Trinajstić information content (AvgIpc) is 2.94. The lowest BCUT2D eigenvalue weighted by Gasteiger charge is -2.39. The first kappa shape index (κ1) is 14.2. The maximum atomic E-state index is 6.05. The summed E-state index contributed by atoms with van der Waals surface area (Å²) in [5.74, 6) is 2.07. The molecule has 1 aromatic heterocycles. The fourth-order valence-corrected chi connectivity index (χ4v) is 3.48. The Kier molecular flexibility index (Phi) is 4.18. The summed E-state index contributed by atoms with van der Waals surface area (Å²) in [6.07, 6.45) is 4.06. The van der Waals surface area contributed by atoms with Gasteiger partial charge in [-0.1, -0.05) is 13.8 Å². The molecule has 1 aromatic rings. The summed E-state index contributed by atoms with van der Waals surface area (Å²) in [4.78, 5) is 7.32. The molecule has 2 atom stereocenters. The molecule has 20 heavy (non-hydrogen) atoms. The third-order valence-electron chi connectivity index (χ3n) is 4.41. The highest BCUT2D eigenvalue weighted by molar-refractivity contribution is 6.17. The molecule has 0 radical (unpaired) electrons. The molecule has 0 spiro atoms. The van der Waals surface area contributed by atoms with Gasteiger partial charge in [0.15, 0.2) is 0 Å². The maximum Gasteiger partial charge on any atom is 0.129 e. The van der Waals surface area contributed by atoms with E-state index in [-0.39, 0.29) is 0 Å².